The molecule has 2 heterocycles. The number of anilines is 1. The largest absolute Gasteiger partial charge is 0.508 e. The van der Waals surface area contributed by atoms with Gasteiger partial charge >= 0.3 is 6.18 Å². The van der Waals surface area contributed by atoms with Crippen molar-refractivity contribution in [1.82, 2.24) is 9.55 Å². The molecular weight excluding hydrogens is 545 g/mol. The van der Waals surface area contributed by atoms with E-state index in [1.807, 2.05) is 13.8 Å². The lowest BCUT2D eigenvalue weighted by Crippen LogP contribution is -2.60. The van der Waals surface area contributed by atoms with Gasteiger partial charge in [0.05, 0.1) is 23.4 Å². The van der Waals surface area contributed by atoms with Crippen LogP contribution in [0, 0.1) is 17.7 Å². The molecule has 0 fully saturated rings. The highest BCUT2D eigenvalue weighted by Gasteiger charge is 2.65. The molecule has 11 heteroatoms. The van der Waals surface area contributed by atoms with E-state index in [2.05, 4.69) is 10.3 Å². The Labute approximate surface area is 232 Å². The standard InChI is InChI=1S/C30H28F5N3O3/c1-14(2)17-11-20-26(23(39)12-17)15(3)16(4)29(41,30(33,34)35)28(20)37-22-8-7-21(31)27-19(22)6-10-25(40)38(27)18-5-9-24(32)36-13-18/h5-16,28,37,39,41H,1-4H3/t15-,16+,28+,29-/m0/s1. The van der Waals surface area contributed by atoms with Crippen molar-refractivity contribution in [2.45, 2.75) is 57.3 Å². The molecule has 4 atom stereocenters. The topological polar surface area (TPSA) is 87.4 Å². The molecule has 0 amide bonds. The van der Waals surface area contributed by atoms with Crippen LogP contribution in [0.1, 0.15) is 62.3 Å². The van der Waals surface area contributed by atoms with Crippen LogP contribution in [-0.4, -0.2) is 31.5 Å². The van der Waals surface area contributed by atoms with Gasteiger partial charge in [0, 0.05) is 28.6 Å². The molecule has 0 radical (unpaired) electrons. The number of phenolic OH excluding ortho intramolecular Hbond substituents is 1. The van der Waals surface area contributed by atoms with E-state index < -0.39 is 47.0 Å². The Balaban J connectivity index is 1.78. The van der Waals surface area contributed by atoms with Crippen molar-refractivity contribution in [2.24, 2.45) is 5.92 Å². The third-order valence-electron chi connectivity index (χ3n) is 8.26. The number of aromatic nitrogens is 2. The average Bonchev–Trinajstić information content (AvgIpc) is 2.90. The van der Waals surface area contributed by atoms with Gasteiger partial charge in [0.25, 0.3) is 5.56 Å². The van der Waals surface area contributed by atoms with Gasteiger partial charge in [-0.2, -0.15) is 17.6 Å². The maximum absolute atomic E-state index is 15.3. The number of hydrogen-bond donors (Lipinski definition) is 3. The van der Waals surface area contributed by atoms with Gasteiger partial charge in [-0.25, -0.2) is 9.37 Å². The van der Waals surface area contributed by atoms with Gasteiger partial charge in [-0.05, 0) is 59.4 Å². The summed E-state index contributed by atoms with van der Waals surface area (Å²) in [5.41, 5.74) is -3.30. The molecule has 1 aliphatic rings. The van der Waals surface area contributed by atoms with Crippen molar-refractivity contribution in [3.63, 3.8) is 0 Å². The second-order valence-corrected chi connectivity index (χ2v) is 10.9. The minimum atomic E-state index is -5.10. The zero-order valence-electron chi connectivity index (χ0n) is 22.6. The number of fused-ring (bicyclic) bond motifs is 2. The van der Waals surface area contributed by atoms with E-state index >= 15 is 4.39 Å². The molecule has 0 unspecified atom stereocenters. The minimum Gasteiger partial charge on any atom is -0.508 e. The molecule has 0 bridgehead atoms. The molecule has 41 heavy (non-hydrogen) atoms. The van der Waals surface area contributed by atoms with E-state index in [4.69, 9.17) is 0 Å². The molecule has 0 saturated carbocycles. The third-order valence-corrected chi connectivity index (χ3v) is 8.26. The molecule has 5 rings (SSSR count). The Bertz CT molecular complexity index is 1700. The van der Waals surface area contributed by atoms with E-state index in [0.29, 0.717) is 5.56 Å². The van der Waals surface area contributed by atoms with Crippen LogP contribution in [0.3, 0.4) is 0 Å². The number of aliphatic hydroxyl groups is 1. The Morgan fingerprint density at radius 1 is 1.05 bits per heavy atom. The van der Waals surface area contributed by atoms with E-state index in [0.717, 1.165) is 29.0 Å². The monoisotopic (exact) mass is 573 g/mol. The van der Waals surface area contributed by atoms with Gasteiger partial charge in [0.15, 0.2) is 5.60 Å². The second-order valence-electron chi connectivity index (χ2n) is 10.9. The summed E-state index contributed by atoms with van der Waals surface area (Å²) in [5, 5.41) is 25.3. The van der Waals surface area contributed by atoms with Crippen LogP contribution in [0.5, 0.6) is 5.75 Å². The van der Waals surface area contributed by atoms with Crippen molar-refractivity contribution in [1.29, 1.82) is 0 Å². The first-order valence-corrected chi connectivity index (χ1v) is 13.0. The number of nitrogens with zero attached hydrogens (tertiary/aromatic N) is 2. The van der Waals surface area contributed by atoms with Crippen molar-refractivity contribution in [2.75, 3.05) is 5.32 Å². The first-order chi connectivity index (χ1) is 19.2. The molecule has 3 N–H and O–H groups in total. The second kappa shape index (κ2) is 9.83. The number of pyridine rings is 2. The van der Waals surface area contributed by atoms with Crippen LogP contribution >= 0.6 is 0 Å². The number of hydrogen-bond acceptors (Lipinski definition) is 5. The Kier molecular flexibility index (Phi) is 6.84. The Hall–Kier alpha value is -3.99. The molecule has 0 spiro atoms. The van der Waals surface area contributed by atoms with Crippen molar-refractivity contribution < 1.29 is 32.2 Å². The van der Waals surface area contributed by atoms with E-state index in [9.17, 15) is 32.6 Å². The fourth-order valence-corrected chi connectivity index (χ4v) is 5.85. The quantitative estimate of drug-likeness (QED) is 0.187. The van der Waals surface area contributed by atoms with E-state index in [1.54, 1.807) is 6.07 Å². The lowest BCUT2D eigenvalue weighted by Gasteiger charge is -2.49. The number of aromatic hydroxyl groups is 1. The lowest BCUT2D eigenvalue weighted by molar-refractivity contribution is -0.289. The number of halogens is 5. The van der Waals surface area contributed by atoms with Crippen LogP contribution in [0.2, 0.25) is 0 Å². The van der Waals surface area contributed by atoms with Crippen LogP contribution in [-0.2, 0) is 0 Å². The van der Waals surface area contributed by atoms with E-state index in [1.165, 1.54) is 38.1 Å². The zero-order chi connectivity index (χ0) is 30.0. The first kappa shape index (κ1) is 28.5. The highest BCUT2D eigenvalue weighted by atomic mass is 19.4. The third kappa shape index (κ3) is 4.43. The molecule has 2 aromatic heterocycles. The smallest absolute Gasteiger partial charge is 0.419 e. The van der Waals surface area contributed by atoms with Crippen LogP contribution in [0.15, 0.2) is 59.5 Å². The maximum atomic E-state index is 15.3. The number of phenols is 1. The lowest BCUT2D eigenvalue weighted by atomic mass is 9.63. The van der Waals surface area contributed by atoms with Crippen molar-refractivity contribution in [3.8, 4) is 11.4 Å². The molecule has 2 aromatic carbocycles. The number of nitrogens with one attached hydrogen (secondary N) is 1. The van der Waals surface area contributed by atoms with E-state index in [-0.39, 0.29) is 45.1 Å². The molecule has 0 aliphatic heterocycles. The molecule has 0 saturated heterocycles. The Morgan fingerprint density at radius 3 is 2.37 bits per heavy atom. The van der Waals surface area contributed by atoms with Gasteiger partial charge in [0.2, 0.25) is 5.95 Å². The fourth-order valence-electron chi connectivity index (χ4n) is 5.85. The SMILES string of the molecule is CC(C)c1cc(O)c2c(c1)[C@@H](Nc1ccc(F)c3c1ccc(=O)n3-c1ccc(F)nc1)[C@](O)(C(F)(F)F)[C@H](C)[C@@H]2C. The molecule has 6 nitrogen and oxygen atoms in total. The normalized spacial score (nSPS) is 22.7. The summed E-state index contributed by atoms with van der Waals surface area (Å²) in [7, 11) is 0. The summed E-state index contributed by atoms with van der Waals surface area (Å²) < 4.78 is 74.1. The van der Waals surface area contributed by atoms with Crippen LogP contribution in [0.25, 0.3) is 16.6 Å². The number of benzene rings is 2. The minimum absolute atomic E-state index is 0.0000359. The van der Waals surface area contributed by atoms with Crippen molar-refractivity contribution >= 4 is 16.6 Å². The van der Waals surface area contributed by atoms with Gasteiger partial charge < -0.3 is 15.5 Å². The highest BCUT2D eigenvalue weighted by Crippen LogP contribution is 2.57. The van der Waals surface area contributed by atoms with Crippen LogP contribution < -0.4 is 10.9 Å². The summed E-state index contributed by atoms with van der Waals surface area (Å²) in [4.78, 5) is 16.3. The maximum Gasteiger partial charge on any atom is 0.419 e. The van der Waals surface area contributed by atoms with Crippen molar-refractivity contribution in [3.05, 3.63) is 93.5 Å². The van der Waals surface area contributed by atoms with Gasteiger partial charge in [-0.15, -0.1) is 0 Å². The summed E-state index contributed by atoms with van der Waals surface area (Å²) in [6.45, 7) is 6.44. The zero-order valence-corrected chi connectivity index (χ0v) is 22.6. The predicted octanol–water partition coefficient (Wildman–Crippen LogP) is 6.69. The van der Waals surface area contributed by atoms with Gasteiger partial charge in [-0.1, -0.05) is 33.8 Å². The number of rotatable bonds is 4. The summed E-state index contributed by atoms with van der Waals surface area (Å²) in [6, 6.07) is 8.05. The molecule has 4 aromatic rings. The molecular formula is C30H28F5N3O3. The predicted molar refractivity (Wildman–Crippen MR) is 144 cm³/mol. The molecule has 216 valence electrons. The fraction of sp³-hybridized carbons (Fsp3) is 0.333. The summed E-state index contributed by atoms with van der Waals surface area (Å²) in [6.07, 6.45) is -4.06. The Morgan fingerprint density at radius 2 is 1.76 bits per heavy atom. The number of alkyl halides is 3. The van der Waals surface area contributed by atoms with Gasteiger partial charge in [0.1, 0.15) is 11.6 Å². The van der Waals surface area contributed by atoms with Crippen LogP contribution in [0.4, 0.5) is 27.6 Å². The summed E-state index contributed by atoms with van der Waals surface area (Å²) >= 11 is 0. The first-order valence-electron chi connectivity index (χ1n) is 13.0. The highest BCUT2D eigenvalue weighted by molar-refractivity contribution is 5.93. The molecule has 1 aliphatic carbocycles. The average molecular weight is 574 g/mol. The van der Waals surface area contributed by atoms with Gasteiger partial charge in [-0.3, -0.25) is 9.36 Å². The summed E-state index contributed by atoms with van der Waals surface area (Å²) in [5.74, 6) is -4.26.